The third kappa shape index (κ3) is 5.17. The Hall–Kier alpha value is -3.16. The molecule has 0 spiro atoms. The Morgan fingerprint density at radius 3 is 2.44 bits per heavy atom. The van der Waals surface area contributed by atoms with Gasteiger partial charge in [0.1, 0.15) is 17.5 Å². The lowest BCUT2D eigenvalue weighted by Gasteiger charge is -2.07. The molecule has 25 heavy (non-hydrogen) atoms. The van der Waals surface area contributed by atoms with Gasteiger partial charge in [-0.25, -0.2) is 18.6 Å². The molecule has 0 aliphatic heterocycles. The van der Waals surface area contributed by atoms with Crippen LogP contribution >= 0.6 is 0 Å². The van der Waals surface area contributed by atoms with Crippen LogP contribution in [0, 0.1) is 17.5 Å². The van der Waals surface area contributed by atoms with Crippen molar-refractivity contribution < 1.29 is 22.8 Å². The van der Waals surface area contributed by atoms with Crippen molar-refractivity contribution in [3.8, 4) is 0 Å². The number of hydrazone groups is 1. The number of rotatable bonds is 5. The number of amides is 2. The molecule has 2 aromatic rings. The molecule has 0 heterocycles. The zero-order chi connectivity index (χ0) is 18.4. The summed E-state index contributed by atoms with van der Waals surface area (Å²) in [5, 5.41) is 5.96. The van der Waals surface area contributed by atoms with Crippen molar-refractivity contribution in [2.45, 2.75) is 13.3 Å². The fraction of sp³-hybridized carbons (Fsp3) is 0.118. The smallest absolute Gasteiger partial charge is 0.274 e. The number of hydrogen-bond acceptors (Lipinski definition) is 3. The lowest BCUT2D eigenvalue weighted by molar-refractivity contribution is -0.115. The molecule has 2 amide bonds. The highest BCUT2D eigenvalue weighted by atomic mass is 19.1. The van der Waals surface area contributed by atoms with Gasteiger partial charge in [0.25, 0.3) is 5.91 Å². The van der Waals surface area contributed by atoms with Gasteiger partial charge in [0.05, 0.1) is 17.7 Å². The van der Waals surface area contributed by atoms with Crippen molar-refractivity contribution in [3.63, 3.8) is 0 Å². The van der Waals surface area contributed by atoms with E-state index in [0.29, 0.717) is 6.07 Å². The van der Waals surface area contributed by atoms with Crippen LogP contribution in [0.1, 0.15) is 23.7 Å². The second-order valence-electron chi connectivity index (χ2n) is 5.12. The van der Waals surface area contributed by atoms with Crippen LogP contribution in [-0.2, 0) is 4.79 Å². The van der Waals surface area contributed by atoms with Gasteiger partial charge in [0.2, 0.25) is 5.91 Å². The van der Waals surface area contributed by atoms with Gasteiger partial charge in [-0.1, -0.05) is 12.1 Å². The maximum Gasteiger partial charge on any atom is 0.274 e. The third-order valence-electron chi connectivity index (χ3n) is 3.09. The molecule has 0 unspecified atom stereocenters. The zero-order valence-corrected chi connectivity index (χ0v) is 13.1. The van der Waals surface area contributed by atoms with Gasteiger partial charge >= 0.3 is 0 Å². The quantitative estimate of drug-likeness (QED) is 0.643. The number of anilines is 1. The van der Waals surface area contributed by atoms with Crippen molar-refractivity contribution in [2.75, 3.05) is 5.32 Å². The molecule has 0 aliphatic rings. The lowest BCUT2D eigenvalue weighted by atomic mass is 10.2. The van der Waals surface area contributed by atoms with Gasteiger partial charge in [-0.15, -0.1) is 0 Å². The van der Waals surface area contributed by atoms with Gasteiger partial charge in [-0.05, 0) is 31.2 Å². The van der Waals surface area contributed by atoms with Gasteiger partial charge in [0, 0.05) is 11.8 Å². The van der Waals surface area contributed by atoms with E-state index in [1.807, 2.05) is 0 Å². The van der Waals surface area contributed by atoms with Crippen LogP contribution in [0.3, 0.4) is 0 Å². The molecule has 0 saturated carbocycles. The van der Waals surface area contributed by atoms with E-state index >= 15 is 0 Å². The lowest BCUT2D eigenvalue weighted by Crippen LogP contribution is -2.22. The number of benzene rings is 2. The summed E-state index contributed by atoms with van der Waals surface area (Å²) in [4.78, 5) is 23.6. The molecule has 8 heteroatoms. The van der Waals surface area contributed by atoms with Crippen molar-refractivity contribution >= 4 is 23.2 Å². The summed E-state index contributed by atoms with van der Waals surface area (Å²) < 4.78 is 39.7. The molecule has 0 fully saturated rings. The number of halogens is 3. The molecule has 2 rings (SSSR count). The first-order valence-electron chi connectivity index (χ1n) is 7.19. The van der Waals surface area contributed by atoms with E-state index in [1.54, 1.807) is 0 Å². The summed E-state index contributed by atoms with van der Waals surface area (Å²) in [7, 11) is 0. The molecule has 0 aliphatic carbocycles. The van der Waals surface area contributed by atoms with E-state index in [1.165, 1.54) is 25.1 Å². The fourth-order valence-corrected chi connectivity index (χ4v) is 1.91. The molecule has 2 N–H and O–H groups in total. The molecule has 0 radical (unpaired) electrons. The standard InChI is InChI=1S/C17H14F3N3O2/c1-10(22-23-17(25)12-4-2-3-5-13(12)19)8-16(24)21-15-7-6-11(18)9-14(15)20/h2-7,9H,8H2,1H3,(H,21,24)(H,23,25). The van der Waals surface area contributed by atoms with Crippen molar-refractivity contribution in [3.05, 3.63) is 65.5 Å². The van der Waals surface area contributed by atoms with Crippen LogP contribution in [0.5, 0.6) is 0 Å². The Labute approximate surface area is 141 Å². The number of nitrogens with zero attached hydrogens (tertiary/aromatic N) is 1. The number of carbonyl (C=O) groups is 2. The molecule has 0 saturated heterocycles. The summed E-state index contributed by atoms with van der Waals surface area (Å²) in [6.45, 7) is 1.46. The first-order chi connectivity index (χ1) is 11.9. The van der Waals surface area contributed by atoms with Gasteiger partial charge < -0.3 is 5.32 Å². The zero-order valence-electron chi connectivity index (χ0n) is 13.1. The maximum absolute atomic E-state index is 13.5. The topological polar surface area (TPSA) is 70.6 Å². The highest BCUT2D eigenvalue weighted by Crippen LogP contribution is 2.15. The molecule has 0 atom stereocenters. The molecular formula is C17H14F3N3O2. The molecule has 130 valence electrons. The van der Waals surface area contributed by atoms with E-state index in [-0.39, 0.29) is 23.4 Å². The monoisotopic (exact) mass is 349 g/mol. The van der Waals surface area contributed by atoms with Crippen LogP contribution in [0.4, 0.5) is 18.9 Å². The first kappa shape index (κ1) is 18.2. The highest BCUT2D eigenvalue weighted by Gasteiger charge is 2.11. The van der Waals surface area contributed by atoms with Gasteiger partial charge in [0.15, 0.2) is 0 Å². The first-order valence-corrected chi connectivity index (χ1v) is 7.19. The predicted molar refractivity (Wildman–Crippen MR) is 86.6 cm³/mol. The van der Waals surface area contributed by atoms with Crippen molar-refractivity contribution in [1.29, 1.82) is 0 Å². The van der Waals surface area contributed by atoms with Crippen LogP contribution < -0.4 is 10.7 Å². The van der Waals surface area contributed by atoms with Crippen LogP contribution in [-0.4, -0.2) is 17.5 Å². The molecule has 0 bridgehead atoms. The van der Waals surface area contributed by atoms with Crippen LogP contribution in [0.2, 0.25) is 0 Å². The minimum absolute atomic E-state index is 0.172. The van der Waals surface area contributed by atoms with E-state index in [2.05, 4.69) is 15.8 Å². The van der Waals surface area contributed by atoms with E-state index in [0.717, 1.165) is 18.2 Å². The Kier molecular flexibility index (Phi) is 5.89. The fourth-order valence-electron chi connectivity index (χ4n) is 1.91. The number of nitrogens with one attached hydrogen (secondary N) is 2. The Balaban J connectivity index is 1.93. The summed E-state index contributed by atoms with van der Waals surface area (Å²) in [5.41, 5.74) is 1.99. The summed E-state index contributed by atoms with van der Waals surface area (Å²) in [6.07, 6.45) is -0.242. The maximum atomic E-state index is 13.5. The van der Waals surface area contributed by atoms with Crippen molar-refractivity contribution in [2.24, 2.45) is 5.10 Å². The second-order valence-corrected chi connectivity index (χ2v) is 5.12. The van der Waals surface area contributed by atoms with Crippen LogP contribution in [0.25, 0.3) is 0 Å². The minimum atomic E-state index is -0.907. The van der Waals surface area contributed by atoms with E-state index < -0.39 is 29.3 Å². The largest absolute Gasteiger partial charge is 0.323 e. The van der Waals surface area contributed by atoms with Gasteiger partial charge in [-0.2, -0.15) is 5.10 Å². The normalized spacial score (nSPS) is 11.1. The predicted octanol–water partition coefficient (Wildman–Crippen LogP) is 3.24. The highest BCUT2D eigenvalue weighted by molar-refractivity contribution is 6.06. The summed E-state index contributed by atoms with van der Waals surface area (Å²) in [6, 6.07) is 8.11. The average Bonchev–Trinajstić information content (AvgIpc) is 2.55. The Morgan fingerprint density at radius 2 is 1.76 bits per heavy atom. The number of carbonyl (C=O) groups excluding carboxylic acids is 2. The van der Waals surface area contributed by atoms with E-state index in [4.69, 9.17) is 0 Å². The Morgan fingerprint density at radius 1 is 1.04 bits per heavy atom. The molecule has 2 aromatic carbocycles. The number of hydrogen-bond donors (Lipinski definition) is 2. The van der Waals surface area contributed by atoms with E-state index in [9.17, 15) is 22.8 Å². The third-order valence-corrected chi connectivity index (χ3v) is 3.09. The summed E-state index contributed by atoms with van der Waals surface area (Å²) in [5.74, 6) is -3.73. The SMILES string of the molecule is CC(CC(=O)Nc1ccc(F)cc1F)=NNC(=O)c1ccccc1F. The minimum Gasteiger partial charge on any atom is -0.323 e. The molecule has 5 nitrogen and oxygen atoms in total. The second kappa shape index (κ2) is 8.09. The van der Waals surface area contributed by atoms with Gasteiger partial charge in [-0.3, -0.25) is 9.59 Å². The average molecular weight is 349 g/mol. The van der Waals surface area contributed by atoms with Crippen molar-refractivity contribution in [1.82, 2.24) is 5.43 Å². The van der Waals surface area contributed by atoms with Crippen LogP contribution in [0.15, 0.2) is 47.6 Å². The molecular weight excluding hydrogens is 335 g/mol. The summed E-state index contributed by atoms with van der Waals surface area (Å²) >= 11 is 0. The molecule has 0 aromatic heterocycles. The Bertz CT molecular complexity index is 838.